The first-order chi connectivity index (χ1) is 7.56. The van der Waals surface area contributed by atoms with Crippen LogP contribution < -0.4 is 5.32 Å². The summed E-state index contributed by atoms with van der Waals surface area (Å²) in [6, 6.07) is 4.03. The summed E-state index contributed by atoms with van der Waals surface area (Å²) >= 11 is 0. The summed E-state index contributed by atoms with van der Waals surface area (Å²) < 4.78 is 0. The van der Waals surface area contributed by atoms with Gasteiger partial charge in [0.1, 0.15) is 11.5 Å². The molecule has 1 aliphatic carbocycles. The van der Waals surface area contributed by atoms with Gasteiger partial charge < -0.3 is 15.5 Å². The molecule has 4 nitrogen and oxygen atoms in total. The highest BCUT2D eigenvalue weighted by molar-refractivity contribution is 5.95. The van der Waals surface area contributed by atoms with Crippen molar-refractivity contribution in [2.45, 2.75) is 25.8 Å². The molecule has 0 spiro atoms. The maximum atomic E-state index is 11.8. The molecule has 0 aliphatic heterocycles. The van der Waals surface area contributed by atoms with Crippen LogP contribution in [0, 0.1) is 5.92 Å². The molecule has 86 valence electrons. The number of phenolic OH excluding ortho intramolecular Hbond substituents is 2. The van der Waals surface area contributed by atoms with Crippen molar-refractivity contribution in [1.29, 1.82) is 0 Å². The second kappa shape index (κ2) is 4.04. The summed E-state index contributed by atoms with van der Waals surface area (Å²) in [6.07, 6.45) is 2.32. The van der Waals surface area contributed by atoms with E-state index in [2.05, 4.69) is 5.32 Å². The lowest BCUT2D eigenvalue weighted by atomic mass is 10.1. The lowest BCUT2D eigenvalue weighted by Crippen LogP contribution is -2.33. The van der Waals surface area contributed by atoms with Crippen LogP contribution >= 0.6 is 0 Å². The van der Waals surface area contributed by atoms with Crippen molar-refractivity contribution < 1.29 is 15.0 Å². The van der Waals surface area contributed by atoms with Gasteiger partial charge >= 0.3 is 0 Å². The fourth-order valence-electron chi connectivity index (χ4n) is 1.73. The largest absolute Gasteiger partial charge is 0.508 e. The number of amides is 1. The SMILES string of the molecule is CC(NC(=O)c1cc(O)cc(O)c1)C1CC1. The van der Waals surface area contributed by atoms with Gasteiger partial charge in [-0.1, -0.05) is 0 Å². The summed E-state index contributed by atoms with van der Waals surface area (Å²) in [5.74, 6) is 0.105. The standard InChI is InChI=1S/C12H15NO3/c1-7(8-2-3-8)13-12(16)9-4-10(14)6-11(15)5-9/h4-8,14-15H,2-3H2,1H3,(H,13,16). The quantitative estimate of drug-likeness (QED) is 0.726. The molecule has 3 N–H and O–H groups in total. The molecule has 0 bridgehead atoms. The molecule has 0 heterocycles. The number of carbonyl (C=O) groups is 1. The summed E-state index contributed by atoms with van der Waals surface area (Å²) in [7, 11) is 0. The summed E-state index contributed by atoms with van der Waals surface area (Å²) in [6.45, 7) is 1.97. The number of rotatable bonds is 3. The van der Waals surface area contributed by atoms with Gasteiger partial charge in [0.2, 0.25) is 0 Å². The minimum absolute atomic E-state index is 0.107. The monoisotopic (exact) mass is 221 g/mol. The number of phenols is 2. The highest BCUT2D eigenvalue weighted by atomic mass is 16.3. The third kappa shape index (κ3) is 2.45. The zero-order valence-corrected chi connectivity index (χ0v) is 9.10. The van der Waals surface area contributed by atoms with Crippen LogP contribution in [-0.4, -0.2) is 22.2 Å². The number of benzene rings is 1. The van der Waals surface area contributed by atoms with Crippen molar-refractivity contribution in [1.82, 2.24) is 5.32 Å². The Morgan fingerprint density at radius 3 is 2.38 bits per heavy atom. The Morgan fingerprint density at radius 1 is 1.31 bits per heavy atom. The van der Waals surface area contributed by atoms with Crippen LogP contribution in [0.4, 0.5) is 0 Å². The van der Waals surface area contributed by atoms with Gasteiger partial charge in [-0.25, -0.2) is 0 Å². The second-order valence-corrected chi connectivity index (χ2v) is 4.34. The predicted octanol–water partition coefficient (Wildman–Crippen LogP) is 1.63. The Kier molecular flexibility index (Phi) is 2.73. The highest BCUT2D eigenvalue weighted by Gasteiger charge is 2.29. The van der Waals surface area contributed by atoms with E-state index in [1.807, 2.05) is 6.92 Å². The van der Waals surface area contributed by atoms with E-state index in [1.54, 1.807) is 0 Å². The van der Waals surface area contributed by atoms with E-state index in [9.17, 15) is 15.0 Å². The topological polar surface area (TPSA) is 69.6 Å². The summed E-state index contributed by atoms with van der Waals surface area (Å²) in [5.41, 5.74) is 0.282. The van der Waals surface area contributed by atoms with Crippen LogP contribution in [0.15, 0.2) is 18.2 Å². The lowest BCUT2D eigenvalue weighted by molar-refractivity contribution is 0.0935. The number of aromatic hydroxyl groups is 2. The smallest absolute Gasteiger partial charge is 0.251 e. The van der Waals surface area contributed by atoms with Gasteiger partial charge in [0.15, 0.2) is 0 Å². The third-order valence-electron chi connectivity index (χ3n) is 2.85. The van der Waals surface area contributed by atoms with E-state index in [4.69, 9.17) is 0 Å². The summed E-state index contributed by atoms with van der Waals surface area (Å²) in [4.78, 5) is 11.8. The van der Waals surface area contributed by atoms with Crippen LogP contribution in [0.2, 0.25) is 0 Å². The maximum Gasteiger partial charge on any atom is 0.251 e. The number of nitrogens with one attached hydrogen (secondary N) is 1. The molecule has 1 atom stereocenters. The first-order valence-corrected chi connectivity index (χ1v) is 5.40. The maximum absolute atomic E-state index is 11.8. The molecule has 1 aliphatic rings. The molecular weight excluding hydrogens is 206 g/mol. The molecule has 1 unspecified atom stereocenters. The van der Waals surface area contributed by atoms with Crippen LogP contribution in [0.3, 0.4) is 0 Å². The van der Waals surface area contributed by atoms with Gasteiger partial charge in [-0.2, -0.15) is 0 Å². The minimum atomic E-state index is -0.259. The molecule has 1 amide bonds. The van der Waals surface area contributed by atoms with Crippen molar-refractivity contribution in [2.24, 2.45) is 5.92 Å². The molecule has 0 saturated heterocycles. The molecule has 1 aromatic rings. The number of hydrogen-bond acceptors (Lipinski definition) is 3. The Morgan fingerprint density at radius 2 is 1.88 bits per heavy atom. The summed E-state index contributed by atoms with van der Waals surface area (Å²) in [5, 5.41) is 21.4. The van der Waals surface area contributed by atoms with E-state index in [0.29, 0.717) is 5.92 Å². The van der Waals surface area contributed by atoms with E-state index in [-0.39, 0.29) is 29.0 Å². The minimum Gasteiger partial charge on any atom is -0.508 e. The Hall–Kier alpha value is -1.71. The van der Waals surface area contributed by atoms with Gasteiger partial charge in [0.05, 0.1) is 0 Å². The Labute approximate surface area is 93.9 Å². The Balaban J connectivity index is 2.07. The molecule has 1 fully saturated rings. The van der Waals surface area contributed by atoms with Gasteiger partial charge in [-0.15, -0.1) is 0 Å². The molecule has 0 radical (unpaired) electrons. The van der Waals surface area contributed by atoms with Crippen molar-refractivity contribution in [3.63, 3.8) is 0 Å². The molecule has 16 heavy (non-hydrogen) atoms. The third-order valence-corrected chi connectivity index (χ3v) is 2.85. The molecule has 1 aromatic carbocycles. The van der Waals surface area contributed by atoms with Crippen molar-refractivity contribution >= 4 is 5.91 Å². The average Bonchev–Trinajstić information content (AvgIpc) is 2.98. The van der Waals surface area contributed by atoms with Gasteiger partial charge in [-0.3, -0.25) is 4.79 Å². The van der Waals surface area contributed by atoms with Gasteiger partial charge in [0, 0.05) is 17.7 Å². The zero-order valence-electron chi connectivity index (χ0n) is 9.10. The lowest BCUT2D eigenvalue weighted by Gasteiger charge is -2.12. The first-order valence-electron chi connectivity index (χ1n) is 5.40. The van der Waals surface area contributed by atoms with Crippen molar-refractivity contribution in [3.8, 4) is 11.5 Å². The average molecular weight is 221 g/mol. The second-order valence-electron chi connectivity index (χ2n) is 4.34. The van der Waals surface area contributed by atoms with Gasteiger partial charge in [0.25, 0.3) is 5.91 Å². The number of carbonyl (C=O) groups excluding carboxylic acids is 1. The van der Waals surface area contributed by atoms with Gasteiger partial charge in [-0.05, 0) is 37.8 Å². The van der Waals surface area contributed by atoms with E-state index in [1.165, 1.54) is 18.2 Å². The first kappa shape index (κ1) is 10.8. The molecule has 0 aromatic heterocycles. The van der Waals surface area contributed by atoms with E-state index >= 15 is 0 Å². The molecule has 2 rings (SSSR count). The van der Waals surface area contributed by atoms with Crippen LogP contribution in [0.25, 0.3) is 0 Å². The Bertz CT molecular complexity index is 392. The zero-order chi connectivity index (χ0) is 11.7. The fourth-order valence-corrected chi connectivity index (χ4v) is 1.73. The van der Waals surface area contributed by atoms with Crippen LogP contribution in [-0.2, 0) is 0 Å². The van der Waals surface area contributed by atoms with Crippen LogP contribution in [0.5, 0.6) is 11.5 Å². The van der Waals surface area contributed by atoms with Crippen molar-refractivity contribution in [2.75, 3.05) is 0 Å². The predicted molar refractivity (Wildman–Crippen MR) is 59.4 cm³/mol. The molecule has 1 saturated carbocycles. The highest BCUT2D eigenvalue weighted by Crippen LogP contribution is 2.32. The van der Waals surface area contributed by atoms with E-state index < -0.39 is 0 Å². The normalized spacial score (nSPS) is 16.8. The van der Waals surface area contributed by atoms with Crippen molar-refractivity contribution in [3.05, 3.63) is 23.8 Å². The fraction of sp³-hybridized carbons (Fsp3) is 0.417. The molecular formula is C12H15NO3. The molecule has 4 heteroatoms. The van der Waals surface area contributed by atoms with Crippen LogP contribution in [0.1, 0.15) is 30.1 Å². The number of hydrogen-bond donors (Lipinski definition) is 3. The van der Waals surface area contributed by atoms with E-state index in [0.717, 1.165) is 12.8 Å².